The molecule has 0 heterocycles. The van der Waals surface area contributed by atoms with E-state index in [1.165, 1.54) is 6.07 Å². The minimum absolute atomic E-state index is 0.175. The first-order valence-electron chi connectivity index (χ1n) is 5.56. The molecule has 0 spiro atoms. The molecule has 5 heteroatoms. The lowest BCUT2D eigenvalue weighted by molar-refractivity contribution is -0.125. The van der Waals surface area contributed by atoms with E-state index < -0.39 is 23.7 Å². The molecule has 0 aliphatic carbocycles. The number of hydrogen-bond acceptors (Lipinski definition) is 2. The zero-order valence-corrected chi connectivity index (χ0v) is 13.2. The van der Waals surface area contributed by atoms with Gasteiger partial charge in [-0.3, -0.25) is 9.59 Å². The van der Waals surface area contributed by atoms with Crippen molar-refractivity contribution in [1.29, 1.82) is 0 Å². The summed E-state index contributed by atoms with van der Waals surface area (Å²) in [6.45, 7) is 3.41. The molecule has 0 N–H and O–H groups in total. The molecule has 1 aromatic rings. The summed E-state index contributed by atoms with van der Waals surface area (Å²) in [5, 5.41) is 0. The molecule has 0 aromatic heterocycles. The van der Waals surface area contributed by atoms with Crippen molar-refractivity contribution in [2.24, 2.45) is 5.92 Å². The quantitative estimate of drug-likeness (QED) is 0.563. The van der Waals surface area contributed by atoms with E-state index in [1.54, 1.807) is 26.0 Å². The van der Waals surface area contributed by atoms with Gasteiger partial charge >= 0.3 is 0 Å². The van der Waals surface area contributed by atoms with E-state index in [2.05, 4.69) is 31.9 Å². The van der Waals surface area contributed by atoms with Crippen LogP contribution in [0.15, 0.2) is 27.1 Å². The topological polar surface area (TPSA) is 34.1 Å². The van der Waals surface area contributed by atoms with Crippen molar-refractivity contribution < 1.29 is 14.0 Å². The van der Waals surface area contributed by atoms with Gasteiger partial charge in [-0.1, -0.05) is 26.0 Å². The average Bonchev–Trinajstić information content (AvgIpc) is 2.38. The number of rotatable bonds is 5. The number of halogens is 3. The zero-order chi connectivity index (χ0) is 13.9. The van der Waals surface area contributed by atoms with Crippen LogP contribution in [0.1, 0.15) is 30.6 Å². The Balaban J connectivity index is 3.01. The number of Topliss-reactive ketones (excluding diaryl/α,β-unsaturated/α-hetero) is 2. The Morgan fingerprint density at radius 3 is 2.50 bits per heavy atom. The first-order valence-corrected chi connectivity index (χ1v) is 7.14. The summed E-state index contributed by atoms with van der Waals surface area (Å²) in [5.41, 5.74) is 0.175. The van der Waals surface area contributed by atoms with Crippen molar-refractivity contribution in [3.8, 4) is 0 Å². The highest BCUT2D eigenvalue weighted by molar-refractivity contribution is 9.13. The van der Waals surface area contributed by atoms with Crippen molar-refractivity contribution in [2.45, 2.75) is 26.4 Å². The summed E-state index contributed by atoms with van der Waals surface area (Å²) in [4.78, 5) is 23.6. The Kier molecular flexibility index (Phi) is 5.66. The van der Waals surface area contributed by atoms with Gasteiger partial charge in [0.15, 0.2) is 5.78 Å². The van der Waals surface area contributed by atoms with Crippen LogP contribution in [0.5, 0.6) is 0 Å². The standard InChI is InChI=1S/C13H13Br2FO2/c1-3-7(2)12(17)11(16)13(18)8-5-4-6-9(14)10(8)15/h4-7,11H,3H2,1-2H3. The molecule has 1 rings (SSSR count). The average molecular weight is 380 g/mol. The molecule has 1 aromatic carbocycles. The first kappa shape index (κ1) is 15.5. The second kappa shape index (κ2) is 6.57. The van der Waals surface area contributed by atoms with Crippen molar-refractivity contribution in [2.75, 3.05) is 0 Å². The molecule has 0 saturated carbocycles. The fourth-order valence-corrected chi connectivity index (χ4v) is 2.24. The van der Waals surface area contributed by atoms with Gasteiger partial charge in [0.2, 0.25) is 12.0 Å². The van der Waals surface area contributed by atoms with Gasteiger partial charge in [0.05, 0.1) is 0 Å². The van der Waals surface area contributed by atoms with Crippen molar-refractivity contribution in [3.05, 3.63) is 32.7 Å². The minimum atomic E-state index is -2.09. The minimum Gasteiger partial charge on any atom is -0.296 e. The fraction of sp³-hybridized carbons (Fsp3) is 0.385. The monoisotopic (exact) mass is 378 g/mol. The third kappa shape index (κ3) is 3.26. The highest BCUT2D eigenvalue weighted by Gasteiger charge is 2.31. The maximum atomic E-state index is 13.9. The van der Waals surface area contributed by atoms with Crippen molar-refractivity contribution >= 4 is 43.4 Å². The molecule has 18 heavy (non-hydrogen) atoms. The lowest BCUT2D eigenvalue weighted by Crippen LogP contribution is -2.30. The van der Waals surface area contributed by atoms with E-state index in [9.17, 15) is 14.0 Å². The summed E-state index contributed by atoms with van der Waals surface area (Å²) in [7, 11) is 0. The second-order valence-corrected chi connectivity index (χ2v) is 5.69. The van der Waals surface area contributed by atoms with Crippen LogP contribution in [0.25, 0.3) is 0 Å². The Labute approximate surface area is 122 Å². The summed E-state index contributed by atoms with van der Waals surface area (Å²) in [5.74, 6) is -1.90. The molecular weight excluding hydrogens is 367 g/mol. The van der Waals surface area contributed by atoms with Crippen LogP contribution in [0.2, 0.25) is 0 Å². The van der Waals surface area contributed by atoms with Crippen LogP contribution < -0.4 is 0 Å². The Morgan fingerprint density at radius 1 is 1.33 bits per heavy atom. The van der Waals surface area contributed by atoms with Crippen molar-refractivity contribution in [1.82, 2.24) is 0 Å². The predicted molar refractivity (Wildman–Crippen MR) is 75.5 cm³/mol. The van der Waals surface area contributed by atoms with Gasteiger partial charge < -0.3 is 0 Å². The number of benzene rings is 1. The molecule has 2 unspecified atom stereocenters. The predicted octanol–water partition coefficient (Wildman–Crippen LogP) is 4.35. The van der Waals surface area contributed by atoms with Crippen LogP contribution >= 0.6 is 31.9 Å². The molecule has 0 aliphatic heterocycles. The molecule has 0 aliphatic rings. The Bertz CT molecular complexity index is 474. The maximum absolute atomic E-state index is 13.9. The number of carbonyl (C=O) groups excluding carboxylic acids is 2. The molecule has 0 amide bonds. The number of alkyl halides is 1. The second-order valence-electron chi connectivity index (χ2n) is 4.04. The molecule has 0 fully saturated rings. The van der Waals surface area contributed by atoms with E-state index in [-0.39, 0.29) is 5.56 Å². The SMILES string of the molecule is CCC(C)C(=O)C(F)C(=O)c1cccc(Br)c1Br. The lowest BCUT2D eigenvalue weighted by Gasteiger charge is -2.12. The number of ketones is 2. The van der Waals surface area contributed by atoms with E-state index in [0.29, 0.717) is 15.4 Å². The molecular formula is C13H13Br2FO2. The first-order chi connectivity index (χ1) is 8.40. The van der Waals surface area contributed by atoms with Crippen LogP contribution in [-0.2, 0) is 4.79 Å². The van der Waals surface area contributed by atoms with E-state index in [1.807, 2.05) is 0 Å². The molecule has 0 bridgehead atoms. The molecule has 0 saturated heterocycles. The van der Waals surface area contributed by atoms with Gasteiger partial charge in [0.1, 0.15) is 0 Å². The number of hydrogen-bond donors (Lipinski definition) is 0. The van der Waals surface area contributed by atoms with Gasteiger partial charge in [0.25, 0.3) is 0 Å². The Morgan fingerprint density at radius 2 is 1.94 bits per heavy atom. The third-order valence-corrected chi connectivity index (χ3v) is 4.84. The maximum Gasteiger partial charge on any atom is 0.221 e. The number of carbonyl (C=O) groups is 2. The summed E-state index contributed by atoms with van der Waals surface area (Å²) >= 11 is 6.44. The molecule has 0 radical (unpaired) electrons. The third-order valence-electron chi connectivity index (χ3n) is 2.80. The van der Waals surface area contributed by atoms with E-state index in [0.717, 1.165) is 0 Å². The molecule has 2 nitrogen and oxygen atoms in total. The zero-order valence-electron chi connectivity index (χ0n) is 10.0. The van der Waals surface area contributed by atoms with Crippen LogP contribution in [-0.4, -0.2) is 17.7 Å². The van der Waals surface area contributed by atoms with Gasteiger partial charge in [-0.2, -0.15) is 0 Å². The van der Waals surface area contributed by atoms with Crippen molar-refractivity contribution in [3.63, 3.8) is 0 Å². The van der Waals surface area contributed by atoms with Gasteiger partial charge in [0, 0.05) is 20.4 Å². The van der Waals surface area contributed by atoms with Crippen LogP contribution in [0.3, 0.4) is 0 Å². The lowest BCUT2D eigenvalue weighted by atomic mass is 9.95. The van der Waals surface area contributed by atoms with Gasteiger partial charge in [-0.25, -0.2) is 4.39 Å². The van der Waals surface area contributed by atoms with Gasteiger partial charge in [-0.15, -0.1) is 0 Å². The summed E-state index contributed by atoms with van der Waals surface area (Å²) in [6.07, 6.45) is -1.57. The molecule has 98 valence electrons. The van der Waals surface area contributed by atoms with Crippen LogP contribution in [0.4, 0.5) is 4.39 Å². The van der Waals surface area contributed by atoms with E-state index in [4.69, 9.17) is 0 Å². The van der Waals surface area contributed by atoms with Crippen LogP contribution in [0, 0.1) is 5.92 Å². The largest absolute Gasteiger partial charge is 0.296 e. The Hall–Kier alpha value is -0.550. The summed E-state index contributed by atoms with van der Waals surface area (Å²) < 4.78 is 15.0. The normalized spacial score (nSPS) is 14.1. The highest BCUT2D eigenvalue weighted by Crippen LogP contribution is 2.28. The summed E-state index contributed by atoms with van der Waals surface area (Å²) in [6, 6.07) is 4.85. The van der Waals surface area contributed by atoms with E-state index >= 15 is 0 Å². The highest BCUT2D eigenvalue weighted by atomic mass is 79.9. The van der Waals surface area contributed by atoms with Gasteiger partial charge in [-0.05, 0) is 44.3 Å². The molecule has 2 atom stereocenters. The smallest absolute Gasteiger partial charge is 0.221 e. The fourth-order valence-electron chi connectivity index (χ4n) is 1.41.